The van der Waals surface area contributed by atoms with E-state index in [-0.39, 0.29) is 24.8 Å². The molecule has 5 rings (SSSR count). The number of amides is 3. The minimum atomic E-state index is -1.04. The number of thiazole rings is 1. The van der Waals surface area contributed by atoms with Crippen molar-refractivity contribution in [2.24, 2.45) is 0 Å². The Hall–Kier alpha value is -2.69. The molecule has 2 N–H and O–H groups in total. The Bertz CT molecular complexity index is 1030. The van der Waals surface area contributed by atoms with Crippen LogP contribution in [-0.2, 0) is 28.3 Å². The lowest BCUT2D eigenvalue weighted by atomic mass is 9.87. The van der Waals surface area contributed by atoms with Crippen LogP contribution in [0.5, 0.6) is 0 Å². The third-order valence-corrected chi connectivity index (χ3v) is 7.14. The number of hydrogen-bond donors (Lipinski definition) is 2. The smallest absolute Gasteiger partial charge is 0.256 e. The SMILES string of the molecule is O=C1CCC(N2Cc3nc(C4(O)CCN(Cc5nccs5)CC4)ccc3C2=O)C(=O)N1. The Labute approximate surface area is 183 Å². The van der Waals surface area contributed by atoms with Crippen LogP contribution in [0.1, 0.15) is 52.4 Å². The van der Waals surface area contributed by atoms with E-state index in [1.54, 1.807) is 29.7 Å². The third kappa shape index (κ3) is 3.75. The van der Waals surface area contributed by atoms with E-state index in [2.05, 4.69) is 20.2 Å². The number of imide groups is 1. The Morgan fingerprint density at radius 3 is 2.74 bits per heavy atom. The summed E-state index contributed by atoms with van der Waals surface area (Å²) in [7, 11) is 0. The van der Waals surface area contributed by atoms with E-state index in [4.69, 9.17) is 0 Å². The zero-order chi connectivity index (χ0) is 21.6. The molecular weight excluding hydrogens is 418 g/mol. The van der Waals surface area contributed by atoms with Gasteiger partial charge in [-0.3, -0.25) is 29.6 Å². The van der Waals surface area contributed by atoms with Gasteiger partial charge in [-0.05, 0) is 31.4 Å². The fourth-order valence-corrected chi connectivity index (χ4v) is 5.21. The number of aromatic nitrogens is 2. The molecule has 1 atom stereocenters. The Morgan fingerprint density at radius 1 is 1.23 bits per heavy atom. The molecule has 31 heavy (non-hydrogen) atoms. The third-order valence-electron chi connectivity index (χ3n) is 6.37. The second kappa shape index (κ2) is 7.77. The minimum absolute atomic E-state index is 0.209. The first-order chi connectivity index (χ1) is 14.9. The topological polar surface area (TPSA) is 116 Å². The van der Waals surface area contributed by atoms with Crippen molar-refractivity contribution in [1.82, 2.24) is 25.1 Å². The fraction of sp³-hybridized carbons (Fsp3) is 0.476. The van der Waals surface area contributed by atoms with Gasteiger partial charge < -0.3 is 10.0 Å². The molecule has 2 aromatic rings. The molecule has 3 aliphatic rings. The van der Waals surface area contributed by atoms with Gasteiger partial charge in [-0.15, -0.1) is 11.3 Å². The summed E-state index contributed by atoms with van der Waals surface area (Å²) < 4.78 is 0. The number of nitrogens with zero attached hydrogens (tertiary/aromatic N) is 4. The van der Waals surface area contributed by atoms with E-state index in [1.165, 1.54) is 4.90 Å². The first-order valence-electron chi connectivity index (χ1n) is 10.4. The number of aliphatic hydroxyl groups is 1. The maximum atomic E-state index is 12.8. The van der Waals surface area contributed by atoms with Crippen LogP contribution >= 0.6 is 11.3 Å². The van der Waals surface area contributed by atoms with Crippen molar-refractivity contribution in [3.63, 3.8) is 0 Å². The van der Waals surface area contributed by atoms with Crippen molar-refractivity contribution in [3.8, 4) is 0 Å². The van der Waals surface area contributed by atoms with Crippen LogP contribution in [0.3, 0.4) is 0 Å². The van der Waals surface area contributed by atoms with Crippen LogP contribution in [0.25, 0.3) is 0 Å². The van der Waals surface area contributed by atoms with E-state index in [0.29, 0.717) is 36.2 Å². The summed E-state index contributed by atoms with van der Waals surface area (Å²) in [6.45, 7) is 2.45. The molecule has 10 heteroatoms. The highest BCUT2D eigenvalue weighted by atomic mass is 32.1. The Balaban J connectivity index is 1.29. The van der Waals surface area contributed by atoms with E-state index in [0.717, 1.165) is 24.6 Å². The van der Waals surface area contributed by atoms with Gasteiger partial charge in [0.25, 0.3) is 5.91 Å². The predicted molar refractivity (Wildman–Crippen MR) is 111 cm³/mol. The number of pyridine rings is 1. The maximum absolute atomic E-state index is 12.8. The highest BCUT2D eigenvalue weighted by Gasteiger charge is 2.41. The molecule has 162 valence electrons. The number of piperidine rings is 2. The largest absolute Gasteiger partial charge is 0.383 e. The lowest BCUT2D eigenvalue weighted by Crippen LogP contribution is -2.52. The summed E-state index contributed by atoms with van der Waals surface area (Å²) in [5.74, 6) is -1.01. The zero-order valence-corrected chi connectivity index (χ0v) is 17.7. The molecule has 0 bridgehead atoms. The highest BCUT2D eigenvalue weighted by Crippen LogP contribution is 2.34. The summed E-state index contributed by atoms with van der Waals surface area (Å²) >= 11 is 1.63. The van der Waals surface area contributed by atoms with Gasteiger partial charge in [0, 0.05) is 31.1 Å². The van der Waals surface area contributed by atoms with E-state index >= 15 is 0 Å². The average Bonchev–Trinajstić information content (AvgIpc) is 3.38. The first kappa shape index (κ1) is 20.2. The second-order valence-electron chi connectivity index (χ2n) is 8.32. The van der Waals surface area contributed by atoms with Crippen LogP contribution < -0.4 is 5.32 Å². The van der Waals surface area contributed by atoms with E-state index < -0.39 is 17.6 Å². The summed E-state index contributed by atoms with van der Waals surface area (Å²) in [4.78, 5) is 49.2. The number of hydrogen-bond acceptors (Lipinski definition) is 8. The number of nitrogens with one attached hydrogen (secondary N) is 1. The molecule has 1 unspecified atom stereocenters. The fourth-order valence-electron chi connectivity index (χ4n) is 4.55. The molecule has 0 spiro atoms. The van der Waals surface area contributed by atoms with Crippen molar-refractivity contribution < 1.29 is 19.5 Å². The molecule has 5 heterocycles. The predicted octanol–water partition coefficient (Wildman–Crippen LogP) is 0.783. The zero-order valence-electron chi connectivity index (χ0n) is 16.9. The second-order valence-corrected chi connectivity index (χ2v) is 9.30. The van der Waals surface area contributed by atoms with Gasteiger partial charge in [0.05, 0.1) is 30.0 Å². The monoisotopic (exact) mass is 441 g/mol. The number of carbonyl (C=O) groups is 3. The molecule has 9 nitrogen and oxygen atoms in total. The molecule has 0 aliphatic carbocycles. The molecule has 3 amide bonds. The van der Waals surface area contributed by atoms with Gasteiger partial charge in [-0.2, -0.15) is 0 Å². The van der Waals surface area contributed by atoms with Crippen molar-refractivity contribution in [2.45, 2.75) is 50.4 Å². The van der Waals surface area contributed by atoms with Crippen molar-refractivity contribution in [1.29, 1.82) is 0 Å². The average molecular weight is 442 g/mol. The molecule has 2 saturated heterocycles. The van der Waals surface area contributed by atoms with Crippen molar-refractivity contribution >= 4 is 29.1 Å². The molecular formula is C21H23N5O4S. The van der Waals surface area contributed by atoms with Crippen molar-refractivity contribution in [3.05, 3.63) is 45.7 Å². The van der Waals surface area contributed by atoms with E-state index in [9.17, 15) is 19.5 Å². The lowest BCUT2D eigenvalue weighted by molar-refractivity contribution is -0.136. The molecule has 2 aromatic heterocycles. The Kier molecular flexibility index (Phi) is 5.07. The summed E-state index contributed by atoms with van der Waals surface area (Å²) in [6.07, 6.45) is 3.43. The van der Waals surface area contributed by atoms with Gasteiger partial charge in [-0.25, -0.2) is 4.98 Å². The number of likely N-dealkylation sites (tertiary alicyclic amines) is 1. The summed E-state index contributed by atoms with van der Waals surface area (Å²) in [5.41, 5.74) is 0.557. The van der Waals surface area contributed by atoms with Gasteiger partial charge >= 0.3 is 0 Å². The van der Waals surface area contributed by atoms with Crippen molar-refractivity contribution in [2.75, 3.05) is 13.1 Å². The van der Waals surface area contributed by atoms with Crippen LogP contribution in [-0.4, -0.2) is 61.7 Å². The number of rotatable bonds is 4. The van der Waals surface area contributed by atoms with Crippen LogP contribution in [0.15, 0.2) is 23.7 Å². The minimum Gasteiger partial charge on any atom is -0.383 e. The van der Waals surface area contributed by atoms with Gasteiger partial charge in [0.1, 0.15) is 16.7 Å². The molecule has 0 saturated carbocycles. The van der Waals surface area contributed by atoms with E-state index in [1.807, 2.05) is 5.38 Å². The first-order valence-corrected chi connectivity index (χ1v) is 11.3. The standard InChI is InChI=1S/C21H23N5O4S/c27-17-4-2-15(19(28)24-17)26-11-14-13(20(26)29)1-3-16(23-14)21(30)5-8-25(9-6-21)12-18-22-7-10-31-18/h1,3,7,10,15,30H,2,4-6,8-9,11-12H2,(H,24,27,28). The quantitative estimate of drug-likeness (QED) is 0.674. The normalized spacial score (nSPS) is 23.7. The lowest BCUT2D eigenvalue weighted by Gasteiger charge is -2.37. The number of fused-ring (bicyclic) bond motifs is 1. The Morgan fingerprint density at radius 2 is 2.03 bits per heavy atom. The molecule has 3 aliphatic heterocycles. The van der Waals surface area contributed by atoms with Gasteiger partial charge in [0.15, 0.2) is 0 Å². The summed E-state index contributed by atoms with van der Waals surface area (Å²) in [5, 5.41) is 16.6. The maximum Gasteiger partial charge on any atom is 0.256 e. The van der Waals surface area contributed by atoms with Crippen LogP contribution in [0, 0.1) is 0 Å². The number of carbonyl (C=O) groups excluding carboxylic acids is 3. The van der Waals surface area contributed by atoms with Crippen LogP contribution in [0.2, 0.25) is 0 Å². The van der Waals surface area contributed by atoms with Crippen LogP contribution in [0.4, 0.5) is 0 Å². The molecule has 0 radical (unpaired) electrons. The highest BCUT2D eigenvalue weighted by molar-refractivity contribution is 7.09. The van der Waals surface area contributed by atoms with Gasteiger partial charge in [-0.1, -0.05) is 0 Å². The summed E-state index contributed by atoms with van der Waals surface area (Å²) in [6, 6.07) is 2.76. The molecule has 0 aromatic carbocycles. The van der Waals surface area contributed by atoms with Gasteiger partial charge in [0.2, 0.25) is 11.8 Å². The molecule has 2 fully saturated rings.